The van der Waals surface area contributed by atoms with Gasteiger partial charge in [0.2, 0.25) is 0 Å². The lowest BCUT2D eigenvalue weighted by Gasteiger charge is -2.57. The molecule has 0 aromatic carbocycles. The summed E-state index contributed by atoms with van der Waals surface area (Å²) < 4.78 is 0. The third kappa shape index (κ3) is 1.31. The van der Waals surface area contributed by atoms with Gasteiger partial charge in [0.1, 0.15) is 0 Å². The SMILES string of the molecule is CC1(C(=O)O)C(C(=O)O)C(C)(C(=O)O)C1C(=O)O. The van der Waals surface area contributed by atoms with Gasteiger partial charge in [0.05, 0.1) is 22.7 Å². The maximum absolute atomic E-state index is 11.1. The zero-order valence-corrected chi connectivity index (χ0v) is 9.58. The van der Waals surface area contributed by atoms with Crippen molar-refractivity contribution < 1.29 is 39.6 Å². The van der Waals surface area contributed by atoms with Crippen LogP contribution < -0.4 is 0 Å². The fourth-order valence-corrected chi connectivity index (χ4v) is 3.00. The second kappa shape index (κ2) is 3.69. The Hall–Kier alpha value is -2.12. The van der Waals surface area contributed by atoms with Crippen LogP contribution in [0.1, 0.15) is 13.8 Å². The van der Waals surface area contributed by atoms with E-state index >= 15 is 0 Å². The van der Waals surface area contributed by atoms with E-state index in [4.69, 9.17) is 20.4 Å². The van der Waals surface area contributed by atoms with Gasteiger partial charge < -0.3 is 20.4 Å². The lowest BCUT2D eigenvalue weighted by atomic mass is 9.39. The summed E-state index contributed by atoms with van der Waals surface area (Å²) in [7, 11) is 0. The van der Waals surface area contributed by atoms with Gasteiger partial charge in [-0.2, -0.15) is 0 Å². The van der Waals surface area contributed by atoms with Crippen LogP contribution in [-0.2, 0) is 19.2 Å². The molecule has 1 rings (SSSR count). The van der Waals surface area contributed by atoms with Gasteiger partial charge >= 0.3 is 23.9 Å². The summed E-state index contributed by atoms with van der Waals surface area (Å²) in [5, 5.41) is 36.0. The Kier molecular flexibility index (Phi) is 2.86. The van der Waals surface area contributed by atoms with Crippen molar-refractivity contribution in [1.29, 1.82) is 0 Å². The van der Waals surface area contributed by atoms with E-state index in [1.807, 2.05) is 0 Å². The standard InChI is InChI=1S/C10H12O8/c1-9(7(15)16)3(5(11)12)10(2,8(17)18)4(9)6(13)14/h3-4H,1-2H3,(H,11,12)(H,13,14)(H,15,16)(H,17,18). The molecule has 0 amide bonds. The van der Waals surface area contributed by atoms with Gasteiger partial charge in [0, 0.05) is 0 Å². The summed E-state index contributed by atoms with van der Waals surface area (Å²) >= 11 is 0. The van der Waals surface area contributed by atoms with E-state index in [1.54, 1.807) is 0 Å². The van der Waals surface area contributed by atoms with Crippen molar-refractivity contribution >= 4 is 23.9 Å². The molecule has 8 heteroatoms. The monoisotopic (exact) mass is 260 g/mol. The first-order chi connectivity index (χ1) is 8.02. The van der Waals surface area contributed by atoms with Crippen molar-refractivity contribution in [2.24, 2.45) is 22.7 Å². The highest BCUT2D eigenvalue weighted by Gasteiger charge is 2.79. The molecule has 0 saturated heterocycles. The highest BCUT2D eigenvalue weighted by atomic mass is 16.4. The molecule has 0 spiro atoms. The molecule has 18 heavy (non-hydrogen) atoms. The summed E-state index contributed by atoms with van der Waals surface area (Å²) in [6.45, 7) is 1.88. The van der Waals surface area contributed by atoms with Gasteiger partial charge in [-0.25, -0.2) is 0 Å². The molecule has 1 saturated carbocycles. The highest BCUT2D eigenvalue weighted by Crippen LogP contribution is 2.64. The maximum atomic E-state index is 11.1. The van der Waals surface area contributed by atoms with Crippen LogP contribution in [0.5, 0.6) is 0 Å². The molecule has 1 aliphatic rings. The van der Waals surface area contributed by atoms with Gasteiger partial charge in [0.15, 0.2) is 0 Å². The van der Waals surface area contributed by atoms with Crippen LogP contribution in [0, 0.1) is 22.7 Å². The molecule has 4 N–H and O–H groups in total. The van der Waals surface area contributed by atoms with Crippen LogP contribution >= 0.6 is 0 Å². The van der Waals surface area contributed by atoms with Crippen molar-refractivity contribution in [3.8, 4) is 0 Å². The van der Waals surface area contributed by atoms with Crippen molar-refractivity contribution in [2.75, 3.05) is 0 Å². The van der Waals surface area contributed by atoms with E-state index in [-0.39, 0.29) is 0 Å². The molecule has 0 heterocycles. The molecule has 0 aliphatic heterocycles. The lowest BCUT2D eigenvalue weighted by Crippen LogP contribution is -2.72. The Labute approximate surface area is 101 Å². The summed E-state index contributed by atoms with van der Waals surface area (Å²) in [5.41, 5.74) is -4.30. The zero-order chi connectivity index (χ0) is 14.5. The van der Waals surface area contributed by atoms with Gasteiger partial charge in [-0.1, -0.05) is 0 Å². The molecule has 0 aromatic heterocycles. The first kappa shape index (κ1) is 13.9. The quantitative estimate of drug-likeness (QED) is 0.532. The van der Waals surface area contributed by atoms with E-state index < -0.39 is 46.5 Å². The Morgan fingerprint density at radius 1 is 0.722 bits per heavy atom. The van der Waals surface area contributed by atoms with Gasteiger partial charge in [-0.05, 0) is 13.8 Å². The molecule has 0 radical (unpaired) electrons. The maximum Gasteiger partial charge on any atom is 0.311 e. The Morgan fingerprint density at radius 3 is 1.06 bits per heavy atom. The molecule has 0 unspecified atom stereocenters. The Morgan fingerprint density at radius 2 is 0.944 bits per heavy atom. The predicted molar refractivity (Wildman–Crippen MR) is 53.7 cm³/mol. The number of aliphatic carboxylic acids is 4. The summed E-state index contributed by atoms with van der Waals surface area (Å²) in [6.07, 6.45) is 0. The van der Waals surface area contributed by atoms with E-state index in [9.17, 15) is 19.2 Å². The molecule has 0 bridgehead atoms. The summed E-state index contributed by atoms with van der Waals surface area (Å²) in [5.74, 6) is -10.2. The van der Waals surface area contributed by atoms with E-state index in [0.717, 1.165) is 13.8 Å². The lowest BCUT2D eigenvalue weighted by molar-refractivity contribution is -0.230. The Balaban J connectivity index is 3.47. The minimum Gasteiger partial charge on any atom is -0.481 e. The van der Waals surface area contributed by atoms with E-state index in [2.05, 4.69) is 0 Å². The summed E-state index contributed by atoms with van der Waals surface area (Å²) in [6, 6.07) is 0. The smallest absolute Gasteiger partial charge is 0.311 e. The predicted octanol–water partition coefficient (Wildman–Crippen LogP) is -0.417. The van der Waals surface area contributed by atoms with E-state index in [0.29, 0.717) is 0 Å². The highest BCUT2D eigenvalue weighted by molar-refractivity contribution is 6.00. The van der Waals surface area contributed by atoms with Crippen LogP contribution in [-0.4, -0.2) is 44.3 Å². The van der Waals surface area contributed by atoms with Crippen LogP contribution in [0.15, 0.2) is 0 Å². The topological polar surface area (TPSA) is 149 Å². The van der Waals surface area contributed by atoms with E-state index in [1.165, 1.54) is 0 Å². The number of hydrogen-bond acceptors (Lipinski definition) is 4. The van der Waals surface area contributed by atoms with Crippen LogP contribution in [0.25, 0.3) is 0 Å². The number of carboxylic acids is 4. The average molecular weight is 260 g/mol. The first-order valence-electron chi connectivity index (χ1n) is 4.94. The zero-order valence-electron chi connectivity index (χ0n) is 9.58. The van der Waals surface area contributed by atoms with Crippen molar-refractivity contribution in [3.63, 3.8) is 0 Å². The molecule has 8 nitrogen and oxygen atoms in total. The second-order valence-corrected chi connectivity index (χ2v) is 4.72. The summed E-state index contributed by atoms with van der Waals surface area (Å²) in [4.78, 5) is 44.4. The fraction of sp³-hybridized carbons (Fsp3) is 0.600. The van der Waals surface area contributed by atoms with Gasteiger partial charge in [-0.3, -0.25) is 19.2 Å². The molecule has 0 atom stereocenters. The van der Waals surface area contributed by atoms with Crippen LogP contribution in [0.2, 0.25) is 0 Å². The third-order valence-corrected chi connectivity index (χ3v) is 3.81. The third-order valence-electron chi connectivity index (χ3n) is 3.81. The molecular weight excluding hydrogens is 248 g/mol. The number of carbonyl (C=O) groups is 4. The molecular formula is C10H12O8. The number of carboxylic acid groups (broad SMARTS) is 4. The van der Waals surface area contributed by atoms with Crippen LogP contribution in [0.4, 0.5) is 0 Å². The molecule has 100 valence electrons. The molecule has 0 aromatic rings. The average Bonchev–Trinajstić information content (AvgIpc) is 2.13. The van der Waals surface area contributed by atoms with Crippen molar-refractivity contribution in [3.05, 3.63) is 0 Å². The number of hydrogen-bond donors (Lipinski definition) is 4. The van der Waals surface area contributed by atoms with Crippen LogP contribution in [0.3, 0.4) is 0 Å². The fourth-order valence-electron chi connectivity index (χ4n) is 3.00. The molecule has 1 aliphatic carbocycles. The number of rotatable bonds is 4. The van der Waals surface area contributed by atoms with Gasteiger partial charge in [-0.15, -0.1) is 0 Å². The second-order valence-electron chi connectivity index (χ2n) is 4.72. The Bertz CT molecular complexity index is 401. The first-order valence-corrected chi connectivity index (χ1v) is 4.94. The van der Waals surface area contributed by atoms with Crippen molar-refractivity contribution in [1.82, 2.24) is 0 Å². The molecule has 1 fully saturated rings. The minimum atomic E-state index is -2.15. The van der Waals surface area contributed by atoms with Gasteiger partial charge in [0.25, 0.3) is 0 Å². The largest absolute Gasteiger partial charge is 0.481 e. The van der Waals surface area contributed by atoms with Crippen molar-refractivity contribution in [2.45, 2.75) is 13.8 Å². The normalized spacial score (nSPS) is 38.6. The minimum absolute atomic E-state index is 0.942.